The first-order valence-electron chi connectivity index (χ1n) is 6.67. The van der Waals surface area contributed by atoms with E-state index in [1.165, 1.54) is 11.3 Å². The van der Waals surface area contributed by atoms with Crippen LogP contribution in [-0.2, 0) is 16.6 Å². The second-order valence-corrected chi connectivity index (χ2v) is 7.31. The average molecular weight is 325 g/mol. The fraction of sp³-hybridized carbons (Fsp3) is 0.357. The fourth-order valence-electron chi connectivity index (χ4n) is 2.06. The molecule has 0 unspecified atom stereocenters. The van der Waals surface area contributed by atoms with E-state index in [0.29, 0.717) is 16.6 Å². The molecule has 0 fully saturated rings. The number of hydrogen-bond donors (Lipinski definition) is 2. The topological polar surface area (TPSA) is 71.1 Å². The number of rotatable bonds is 6. The van der Waals surface area contributed by atoms with Gasteiger partial charge in [-0.25, -0.2) is 13.4 Å². The summed E-state index contributed by atoms with van der Waals surface area (Å²) >= 11 is 1.26. The van der Waals surface area contributed by atoms with E-state index in [0.717, 1.165) is 23.2 Å². The van der Waals surface area contributed by atoms with Gasteiger partial charge in [0.15, 0.2) is 5.13 Å². The lowest BCUT2D eigenvalue weighted by Gasteiger charge is -2.13. The number of sulfonamides is 1. The van der Waals surface area contributed by atoms with Gasteiger partial charge >= 0.3 is 0 Å². The summed E-state index contributed by atoms with van der Waals surface area (Å²) in [7, 11) is -3.61. The van der Waals surface area contributed by atoms with Crippen LogP contribution in [0.25, 0.3) is 0 Å². The standard InChI is InChI=1S/C14H19N3O2S2/c1-4-15-9-12-8-13(11(3)7-10(12)2)21(18,19)17-14-16-5-6-20-14/h5-8,15H,4,9H2,1-3H3,(H,16,17). The van der Waals surface area contributed by atoms with Gasteiger partial charge in [-0.15, -0.1) is 11.3 Å². The highest BCUT2D eigenvalue weighted by atomic mass is 32.2. The Bertz CT molecular complexity index is 710. The van der Waals surface area contributed by atoms with Crippen molar-refractivity contribution in [3.8, 4) is 0 Å². The van der Waals surface area contributed by atoms with Gasteiger partial charge in [-0.05, 0) is 43.1 Å². The van der Waals surface area contributed by atoms with Gasteiger partial charge in [0.05, 0.1) is 4.90 Å². The molecule has 2 rings (SSSR count). The van der Waals surface area contributed by atoms with Crippen molar-refractivity contribution < 1.29 is 8.42 Å². The van der Waals surface area contributed by atoms with Crippen molar-refractivity contribution in [1.29, 1.82) is 0 Å². The lowest BCUT2D eigenvalue weighted by Crippen LogP contribution is -2.17. The quantitative estimate of drug-likeness (QED) is 0.856. The molecule has 1 aromatic heterocycles. The summed E-state index contributed by atoms with van der Waals surface area (Å²) in [5.74, 6) is 0. The van der Waals surface area contributed by atoms with E-state index in [-0.39, 0.29) is 0 Å². The summed E-state index contributed by atoms with van der Waals surface area (Å²) in [5, 5.41) is 5.33. The average Bonchev–Trinajstić information content (AvgIpc) is 2.89. The molecule has 5 nitrogen and oxygen atoms in total. The number of aryl methyl sites for hydroxylation is 2. The minimum atomic E-state index is -3.61. The molecule has 7 heteroatoms. The summed E-state index contributed by atoms with van der Waals surface area (Å²) in [6, 6.07) is 3.65. The van der Waals surface area contributed by atoms with Crippen LogP contribution in [-0.4, -0.2) is 19.9 Å². The summed E-state index contributed by atoms with van der Waals surface area (Å²) in [4.78, 5) is 4.26. The highest BCUT2D eigenvalue weighted by Crippen LogP contribution is 2.24. The molecule has 0 aliphatic carbocycles. The molecule has 2 aromatic rings. The predicted molar refractivity (Wildman–Crippen MR) is 86.2 cm³/mol. The molecule has 1 aromatic carbocycles. The molecule has 0 aliphatic heterocycles. The Hall–Kier alpha value is -1.44. The van der Waals surface area contributed by atoms with Crippen molar-refractivity contribution in [3.05, 3.63) is 40.4 Å². The first kappa shape index (κ1) is 15.9. The van der Waals surface area contributed by atoms with E-state index in [1.54, 1.807) is 24.6 Å². The molecule has 2 N–H and O–H groups in total. The second kappa shape index (κ2) is 6.55. The van der Waals surface area contributed by atoms with Crippen molar-refractivity contribution in [2.45, 2.75) is 32.2 Å². The molecular weight excluding hydrogens is 306 g/mol. The zero-order valence-electron chi connectivity index (χ0n) is 12.3. The Kier molecular flexibility index (Phi) is 4.97. The van der Waals surface area contributed by atoms with E-state index in [9.17, 15) is 8.42 Å². The number of anilines is 1. The van der Waals surface area contributed by atoms with Gasteiger partial charge in [-0.3, -0.25) is 4.72 Å². The number of thiazole rings is 1. The van der Waals surface area contributed by atoms with E-state index in [4.69, 9.17) is 0 Å². The van der Waals surface area contributed by atoms with E-state index in [2.05, 4.69) is 15.0 Å². The highest BCUT2D eigenvalue weighted by Gasteiger charge is 2.19. The van der Waals surface area contributed by atoms with E-state index >= 15 is 0 Å². The minimum Gasteiger partial charge on any atom is -0.313 e. The SMILES string of the molecule is CCNCc1cc(S(=O)(=O)Nc2nccs2)c(C)cc1C. The van der Waals surface area contributed by atoms with Gasteiger partial charge in [0.1, 0.15) is 0 Å². The molecule has 0 aliphatic rings. The van der Waals surface area contributed by atoms with Crippen LogP contribution in [0.5, 0.6) is 0 Å². The normalized spacial score (nSPS) is 11.6. The van der Waals surface area contributed by atoms with Crippen LogP contribution in [0.4, 0.5) is 5.13 Å². The number of hydrogen-bond acceptors (Lipinski definition) is 5. The van der Waals surface area contributed by atoms with Gasteiger partial charge in [-0.2, -0.15) is 0 Å². The third-order valence-electron chi connectivity index (χ3n) is 3.14. The summed E-state index contributed by atoms with van der Waals surface area (Å²) in [6.07, 6.45) is 1.57. The molecule has 0 atom stereocenters. The highest BCUT2D eigenvalue weighted by molar-refractivity contribution is 7.93. The maximum absolute atomic E-state index is 12.5. The number of nitrogens with one attached hydrogen (secondary N) is 2. The number of nitrogens with zero attached hydrogens (tertiary/aromatic N) is 1. The number of aromatic nitrogens is 1. The summed E-state index contributed by atoms with van der Waals surface area (Å²) < 4.78 is 27.5. The molecule has 0 saturated carbocycles. The smallest absolute Gasteiger partial charge is 0.263 e. The maximum Gasteiger partial charge on any atom is 0.263 e. The van der Waals surface area contributed by atoms with Gasteiger partial charge in [0, 0.05) is 18.1 Å². The van der Waals surface area contributed by atoms with Gasteiger partial charge in [-0.1, -0.05) is 13.0 Å². The van der Waals surface area contributed by atoms with Crippen molar-refractivity contribution in [2.24, 2.45) is 0 Å². The van der Waals surface area contributed by atoms with Gasteiger partial charge < -0.3 is 5.32 Å². The molecule has 21 heavy (non-hydrogen) atoms. The third kappa shape index (κ3) is 3.81. The Morgan fingerprint density at radius 2 is 2.00 bits per heavy atom. The summed E-state index contributed by atoms with van der Waals surface area (Å²) in [6.45, 7) is 7.31. The minimum absolute atomic E-state index is 0.302. The molecule has 114 valence electrons. The monoisotopic (exact) mass is 325 g/mol. The lowest BCUT2D eigenvalue weighted by molar-refractivity contribution is 0.600. The molecule has 0 spiro atoms. The van der Waals surface area contributed by atoms with Crippen LogP contribution < -0.4 is 10.0 Å². The van der Waals surface area contributed by atoms with Gasteiger partial charge in [0.25, 0.3) is 10.0 Å². The van der Waals surface area contributed by atoms with E-state index < -0.39 is 10.0 Å². The molecular formula is C14H19N3O2S2. The van der Waals surface area contributed by atoms with Crippen molar-refractivity contribution in [1.82, 2.24) is 10.3 Å². The molecule has 0 amide bonds. The van der Waals surface area contributed by atoms with Crippen LogP contribution in [0.15, 0.2) is 28.6 Å². The fourth-order valence-corrected chi connectivity index (χ4v) is 4.12. The van der Waals surface area contributed by atoms with Gasteiger partial charge in [0.2, 0.25) is 0 Å². The molecule has 0 saturated heterocycles. The van der Waals surface area contributed by atoms with Crippen molar-refractivity contribution in [2.75, 3.05) is 11.3 Å². The Balaban J connectivity index is 2.37. The Morgan fingerprint density at radius 3 is 2.62 bits per heavy atom. The largest absolute Gasteiger partial charge is 0.313 e. The Labute approximate surface area is 129 Å². The maximum atomic E-state index is 12.5. The van der Waals surface area contributed by atoms with Crippen LogP contribution in [0.1, 0.15) is 23.6 Å². The van der Waals surface area contributed by atoms with Crippen LogP contribution >= 0.6 is 11.3 Å². The predicted octanol–water partition coefficient (Wildman–Crippen LogP) is 2.67. The first-order valence-corrected chi connectivity index (χ1v) is 9.03. The number of benzene rings is 1. The van der Waals surface area contributed by atoms with Crippen molar-refractivity contribution >= 4 is 26.5 Å². The molecule has 0 radical (unpaired) electrons. The summed E-state index contributed by atoms with van der Waals surface area (Å²) in [5.41, 5.74) is 2.81. The second-order valence-electron chi connectivity index (χ2n) is 4.77. The van der Waals surface area contributed by atoms with Crippen LogP contribution in [0.3, 0.4) is 0 Å². The lowest BCUT2D eigenvalue weighted by atomic mass is 10.1. The molecule has 0 bridgehead atoms. The zero-order chi connectivity index (χ0) is 15.5. The zero-order valence-corrected chi connectivity index (χ0v) is 13.9. The van der Waals surface area contributed by atoms with Crippen LogP contribution in [0.2, 0.25) is 0 Å². The molecule has 1 heterocycles. The van der Waals surface area contributed by atoms with Crippen LogP contribution in [0, 0.1) is 13.8 Å². The third-order valence-corrected chi connectivity index (χ3v) is 5.44. The Morgan fingerprint density at radius 1 is 1.24 bits per heavy atom. The van der Waals surface area contributed by atoms with E-state index in [1.807, 2.05) is 19.9 Å². The first-order chi connectivity index (χ1) is 9.94. The van der Waals surface area contributed by atoms with Crippen molar-refractivity contribution in [3.63, 3.8) is 0 Å².